The van der Waals surface area contributed by atoms with Gasteiger partial charge in [-0.25, -0.2) is 4.99 Å². The Morgan fingerprint density at radius 2 is 1.77 bits per heavy atom. The van der Waals surface area contributed by atoms with Crippen LogP contribution in [0.3, 0.4) is 0 Å². The number of ether oxygens (including phenoxy) is 1. The molecule has 9 heteroatoms. The Morgan fingerprint density at radius 1 is 1.03 bits per heavy atom. The minimum atomic E-state index is -4.35. The average molecular weight is 544 g/mol. The fraction of sp³-hybridized carbons (Fsp3) is 0.273. The Kier molecular flexibility index (Phi) is 9.35. The van der Waals surface area contributed by atoms with Crippen molar-refractivity contribution in [1.29, 1.82) is 0 Å². The van der Waals surface area contributed by atoms with E-state index < -0.39 is 12.8 Å². The molecule has 2 N–H and O–H groups in total. The van der Waals surface area contributed by atoms with E-state index in [-0.39, 0.29) is 29.7 Å². The lowest BCUT2D eigenvalue weighted by molar-refractivity contribution is -0.153. The molecule has 0 saturated carbocycles. The third-order valence-electron chi connectivity index (χ3n) is 4.25. The minimum absolute atomic E-state index is 0. The van der Waals surface area contributed by atoms with Crippen LogP contribution in [0, 0.1) is 0 Å². The number of hydrogen-bond acceptors (Lipinski definition) is 3. The summed E-state index contributed by atoms with van der Waals surface area (Å²) in [5.41, 5.74) is 2.86. The first-order valence-electron chi connectivity index (χ1n) is 9.58. The first kappa shape index (κ1) is 24.7. The minimum Gasteiger partial charge on any atom is -0.484 e. The molecule has 0 aliphatic carbocycles. The summed E-state index contributed by atoms with van der Waals surface area (Å²) in [5, 5.41) is 7.56. The zero-order chi connectivity index (χ0) is 21.4. The van der Waals surface area contributed by atoms with Gasteiger partial charge in [0.1, 0.15) is 5.75 Å². The maximum atomic E-state index is 12.2. The number of rotatable bonds is 7. The number of halogens is 4. The quantitative estimate of drug-likeness (QED) is 0.249. The largest absolute Gasteiger partial charge is 0.484 e. The number of nitrogens with zero attached hydrogens (tertiary/aromatic N) is 2. The van der Waals surface area contributed by atoms with Crippen LogP contribution in [0.2, 0.25) is 0 Å². The van der Waals surface area contributed by atoms with Gasteiger partial charge < -0.3 is 15.4 Å². The maximum absolute atomic E-state index is 12.2. The van der Waals surface area contributed by atoms with E-state index >= 15 is 0 Å². The highest BCUT2D eigenvalue weighted by Crippen LogP contribution is 2.19. The number of para-hydroxylation sites is 1. The van der Waals surface area contributed by atoms with Crippen molar-refractivity contribution in [3.05, 3.63) is 71.9 Å². The van der Waals surface area contributed by atoms with E-state index in [2.05, 4.69) is 20.6 Å². The molecule has 3 aromatic rings. The van der Waals surface area contributed by atoms with Crippen LogP contribution in [0.1, 0.15) is 18.1 Å². The molecule has 0 spiro atoms. The molecule has 0 saturated heterocycles. The van der Waals surface area contributed by atoms with E-state index in [1.165, 1.54) is 12.1 Å². The molecule has 0 unspecified atom stereocenters. The average Bonchev–Trinajstić information content (AvgIpc) is 2.74. The topological polar surface area (TPSA) is 58.5 Å². The van der Waals surface area contributed by atoms with Crippen LogP contribution in [0.15, 0.2) is 65.8 Å². The fourth-order valence-corrected chi connectivity index (χ4v) is 2.86. The Labute approximate surface area is 196 Å². The van der Waals surface area contributed by atoms with E-state index in [9.17, 15) is 13.2 Å². The molecule has 0 amide bonds. The smallest absolute Gasteiger partial charge is 0.422 e. The van der Waals surface area contributed by atoms with Gasteiger partial charge in [-0.05, 0) is 36.2 Å². The summed E-state index contributed by atoms with van der Waals surface area (Å²) in [6, 6.07) is 16.4. The number of fused-ring (bicyclic) bond motifs is 1. The summed E-state index contributed by atoms with van der Waals surface area (Å²) in [5.74, 6) is 0.816. The molecule has 31 heavy (non-hydrogen) atoms. The van der Waals surface area contributed by atoms with Gasteiger partial charge in [0.2, 0.25) is 0 Å². The third-order valence-corrected chi connectivity index (χ3v) is 4.25. The number of pyridine rings is 1. The van der Waals surface area contributed by atoms with Gasteiger partial charge in [0.25, 0.3) is 0 Å². The van der Waals surface area contributed by atoms with Crippen LogP contribution in [0.4, 0.5) is 13.2 Å². The first-order chi connectivity index (χ1) is 14.4. The van der Waals surface area contributed by atoms with E-state index in [0.29, 0.717) is 25.6 Å². The molecular formula is C22H24F3IN4O. The van der Waals surface area contributed by atoms with Crippen molar-refractivity contribution in [2.24, 2.45) is 4.99 Å². The summed E-state index contributed by atoms with van der Waals surface area (Å²) in [4.78, 5) is 9.00. The van der Waals surface area contributed by atoms with E-state index in [4.69, 9.17) is 4.74 Å². The predicted octanol–water partition coefficient (Wildman–Crippen LogP) is 5.05. The van der Waals surface area contributed by atoms with Crippen LogP contribution in [-0.4, -0.2) is 30.3 Å². The van der Waals surface area contributed by atoms with Crippen molar-refractivity contribution in [3.63, 3.8) is 0 Å². The molecule has 0 fully saturated rings. The number of aromatic nitrogens is 1. The highest BCUT2D eigenvalue weighted by molar-refractivity contribution is 14.0. The van der Waals surface area contributed by atoms with E-state index in [0.717, 1.165) is 22.0 Å². The van der Waals surface area contributed by atoms with Gasteiger partial charge in [0.15, 0.2) is 12.6 Å². The molecule has 166 valence electrons. The number of alkyl halides is 3. The van der Waals surface area contributed by atoms with Crippen molar-refractivity contribution < 1.29 is 17.9 Å². The van der Waals surface area contributed by atoms with Gasteiger partial charge in [0.05, 0.1) is 12.1 Å². The first-order valence-corrected chi connectivity index (χ1v) is 9.58. The van der Waals surface area contributed by atoms with Crippen LogP contribution in [-0.2, 0) is 13.1 Å². The van der Waals surface area contributed by atoms with Crippen molar-refractivity contribution in [1.82, 2.24) is 15.6 Å². The second-order valence-corrected chi connectivity index (χ2v) is 6.59. The van der Waals surface area contributed by atoms with Crippen molar-refractivity contribution >= 4 is 40.8 Å². The number of nitrogens with one attached hydrogen (secondary N) is 2. The van der Waals surface area contributed by atoms with Crippen LogP contribution >= 0.6 is 24.0 Å². The van der Waals surface area contributed by atoms with Gasteiger partial charge in [-0.2, -0.15) is 13.2 Å². The Hall–Kier alpha value is -2.56. The fourth-order valence-electron chi connectivity index (χ4n) is 2.86. The summed E-state index contributed by atoms with van der Waals surface area (Å²) >= 11 is 0. The summed E-state index contributed by atoms with van der Waals surface area (Å²) in [6.07, 6.45) is -2.58. The molecule has 0 bridgehead atoms. The molecule has 0 aliphatic heterocycles. The number of guanidine groups is 1. The van der Waals surface area contributed by atoms with Crippen molar-refractivity contribution in [2.45, 2.75) is 26.2 Å². The lowest BCUT2D eigenvalue weighted by Crippen LogP contribution is -2.36. The highest BCUT2D eigenvalue weighted by atomic mass is 127. The van der Waals surface area contributed by atoms with Gasteiger partial charge in [0, 0.05) is 24.7 Å². The zero-order valence-electron chi connectivity index (χ0n) is 16.9. The lowest BCUT2D eigenvalue weighted by Gasteiger charge is -2.13. The molecule has 2 aromatic carbocycles. The number of benzene rings is 2. The maximum Gasteiger partial charge on any atom is 0.422 e. The van der Waals surface area contributed by atoms with Crippen LogP contribution in [0.25, 0.3) is 10.9 Å². The number of aliphatic imine (C=N–C) groups is 1. The lowest BCUT2D eigenvalue weighted by atomic mass is 10.1. The molecule has 0 radical (unpaired) electrons. The summed E-state index contributed by atoms with van der Waals surface area (Å²) in [7, 11) is 0. The van der Waals surface area contributed by atoms with Gasteiger partial charge in [-0.15, -0.1) is 24.0 Å². The Balaban J connectivity index is 0.00000341. The van der Waals surface area contributed by atoms with Gasteiger partial charge >= 0.3 is 6.18 Å². The standard InChI is InChI=1S/C22H23F3N4O.HI/c1-2-26-21(29-14-18-6-3-5-17-7-4-12-27-20(17)18)28-13-16-8-10-19(11-9-16)30-15-22(23,24)25;/h3-12H,2,13-15H2,1H3,(H2,26,28,29);1H. The van der Waals surface area contributed by atoms with Crippen LogP contribution in [0.5, 0.6) is 5.75 Å². The van der Waals surface area contributed by atoms with Crippen molar-refractivity contribution in [2.75, 3.05) is 13.2 Å². The third kappa shape index (κ3) is 7.89. The molecule has 3 rings (SSSR count). The molecule has 1 aromatic heterocycles. The molecule has 0 atom stereocenters. The zero-order valence-corrected chi connectivity index (χ0v) is 19.3. The molecular weight excluding hydrogens is 520 g/mol. The molecule has 5 nitrogen and oxygen atoms in total. The monoisotopic (exact) mass is 544 g/mol. The van der Waals surface area contributed by atoms with Gasteiger partial charge in [-0.1, -0.05) is 36.4 Å². The SMILES string of the molecule is CCNC(=NCc1ccc(OCC(F)(F)F)cc1)NCc1cccc2cccnc12.I. The summed E-state index contributed by atoms with van der Waals surface area (Å²) < 4.78 is 41.4. The number of hydrogen-bond donors (Lipinski definition) is 2. The normalized spacial score (nSPS) is 11.7. The Bertz CT molecular complexity index is 989. The predicted molar refractivity (Wildman–Crippen MR) is 127 cm³/mol. The molecule has 0 aliphatic rings. The van der Waals surface area contributed by atoms with Crippen molar-refractivity contribution in [3.8, 4) is 5.75 Å². The second-order valence-electron chi connectivity index (χ2n) is 6.59. The summed E-state index contributed by atoms with van der Waals surface area (Å²) in [6.45, 7) is 2.31. The van der Waals surface area contributed by atoms with E-state index in [1.807, 2.05) is 37.3 Å². The molecule has 1 heterocycles. The van der Waals surface area contributed by atoms with Gasteiger partial charge in [-0.3, -0.25) is 4.98 Å². The van der Waals surface area contributed by atoms with E-state index in [1.54, 1.807) is 18.3 Å². The Morgan fingerprint density at radius 3 is 2.48 bits per heavy atom. The highest BCUT2D eigenvalue weighted by Gasteiger charge is 2.28. The van der Waals surface area contributed by atoms with Crippen LogP contribution < -0.4 is 15.4 Å². The second kappa shape index (κ2) is 11.7.